The average Bonchev–Trinajstić information content (AvgIpc) is 2.99. The van der Waals surface area contributed by atoms with Crippen molar-refractivity contribution in [3.63, 3.8) is 0 Å². The minimum atomic E-state index is -0.822. The summed E-state index contributed by atoms with van der Waals surface area (Å²) in [5.41, 5.74) is 1.22. The van der Waals surface area contributed by atoms with Crippen LogP contribution in [-0.4, -0.2) is 40.5 Å². The fraction of sp³-hybridized carbons (Fsp3) is 0.409. The van der Waals surface area contributed by atoms with Gasteiger partial charge in [0, 0.05) is 12.4 Å². The van der Waals surface area contributed by atoms with Crippen molar-refractivity contribution in [2.45, 2.75) is 37.8 Å². The summed E-state index contributed by atoms with van der Waals surface area (Å²) in [4.78, 5) is 31.8. The molecule has 2 aromatic rings. The van der Waals surface area contributed by atoms with Crippen molar-refractivity contribution in [3.05, 3.63) is 66.0 Å². The number of nitrogens with one attached hydrogen (secondary N) is 2. The molecular formula is C22H26N4O2. The van der Waals surface area contributed by atoms with Crippen LogP contribution in [0.5, 0.6) is 0 Å². The number of nitrogens with zero attached hydrogens (tertiary/aromatic N) is 2. The first kappa shape index (κ1) is 18.6. The van der Waals surface area contributed by atoms with Crippen molar-refractivity contribution in [3.8, 4) is 0 Å². The maximum absolute atomic E-state index is 13.6. The third kappa shape index (κ3) is 3.64. The highest BCUT2D eigenvalue weighted by atomic mass is 16.2. The molecule has 2 N–H and O–H groups in total. The largest absolute Gasteiger partial charge is 0.325 e. The van der Waals surface area contributed by atoms with Gasteiger partial charge >= 0.3 is 6.03 Å². The number of aryl methyl sites for hydroxylation is 1. The summed E-state index contributed by atoms with van der Waals surface area (Å²) in [7, 11) is 0. The summed E-state index contributed by atoms with van der Waals surface area (Å²) in [6, 6.07) is 13.6. The Kier molecular flexibility index (Phi) is 5.39. The lowest BCUT2D eigenvalue weighted by Gasteiger charge is -2.38. The highest BCUT2D eigenvalue weighted by molar-refractivity contribution is 6.07. The molecule has 0 saturated carbocycles. The zero-order valence-electron chi connectivity index (χ0n) is 15.9. The van der Waals surface area contributed by atoms with Crippen LogP contribution in [-0.2, 0) is 17.8 Å². The number of rotatable bonds is 6. The van der Waals surface area contributed by atoms with Crippen LogP contribution < -0.4 is 10.6 Å². The van der Waals surface area contributed by atoms with Crippen LogP contribution in [0.25, 0.3) is 0 Å². The SMILES string of the molecule is O=C1N[C@](CCc2ccccc2)(C2CCNCC2)C(=O)N1Cc1cccnc1. The van der Waals surface area contributed by atoms with Gasteiger partial charge in [-0.2, -0.15) is 0 Å². The predicted octanol–water partition coefficient (Wildman–Crippen LogP) is 2.50. The molecule has 146 valence electrons. The number of benzene rings is 1. The zero-order chi connectivity index (χ0) is 19.4. The molecule has 0 radical (unpaired) electrons. The Hall–Kier alpha value is -2.73. The molecule has 2 saturated heterocycles. The lowest BCUT2D eigenvalue weighted by molar-refractivity contribution is -0.134. The summed E-state index contributed by atoms with van der Waals surface area (Å²) in [6.45, 7) is 2.02. The smallest absolute Gasteiger partial charge is 0.323 e. The number of aromatic nitrogens is 1. The Morgan fingerprint density at radius 1 is 1.04 bits per heavy atom. The van der Waals surface area contributed by atoms with Gasteiger partial charge in [0.2, 0.25) is 0 Å². The quantitative estimate of drug-likeness (QED) is 0.758. The molecule has 0 unspecified atom stereocenters. The maximum Gasteiger partial charge on any atom is 0.325 e. The Balaban J connectivity index is 1.59. The second-order valence-corrected chi connectivity index (χ2v) is 7.66. The molecule has 4 rings (SSSR count). The van der Waals surface area contributed by atoms with Gasteiger partial charge in [0.25, 0.3) is 5.91 Å². The van der Waals surface area contributed by atoms with E-state index in [9.17, 15) is 9.59 Å². The lowest BCUT2D eigenvalue weighted by Crippen LogP contribution is -2.56. The molecule has 1 aromatic heterocycles. The highest BCUT2D eigenvalue weighted by Crippen LogP contribution is 2.36. The number of imide groups is 1. The van der Waals surface area contributed by atoms with Crippen molar-refractivity contribution in [1.82, 2.24) is 20.5 Å². The number of hydrogen-bond donors (Lipinski definition) is 2. The van der Waals surface area contributed by atoms with Crippen molar-refractivity contribution in [1.29, 1.82) is 0 Å². The summed E-state index contributed by atoms with van der Waals surface area (Å²) >= 11 is 0. The minimum absolute atomic E-state index is 0.0933. The Morgan fingerprint density at radius 2 is 1.79 bits per heavy atom. The van der Waals surface area contributed by atoms with E-state index in [2.05, 4.69) is 27.8 Å². The fourth-order valence-electron chi connectivity index (χ4n) is 4.41. The van der Waals surface area contributed by atoms with Gasteiger partial charge < -0.3 is 10.6 Å². The van der Waals surface area contributed by atoms with Crippen molar-refractivity contribution < 1.29 is 9.59 Å². The van der Waals surface area contributed by atoms with Crippen LogP contribution in [0, 0.1) is 5.92 Å². The van der Waals surface area contributed by atoms with Crippen LogP contribution in [0.1, 0.15) is 30.4 Å². The van der Waals surface area contributed by atoms with E-state index in [0.29, 0.717) is 6.42 Å². The van der Waals surface area contributed by atoms with E-state index in [1.807, 2.05) is 30.3 Å². The number of piperidine rings is 1. The van der Waals surface area contributed by atoms with Gasteiger partial charge in [-0.1, -0.05) is 36.4 Å². The average molecular weight is 378 g/mol. The molecular weight excluding hydrogens is 352 g/mol. The van der Waals surface area contributed by atoms with Crippen molar-refractivity contribution in [2.75, 3.05) is 13.1 Å². The van der Waals surface area contributed by atoms with Gasteiger partial charge in [-0.15, -0.1) is 0 Å². The van der Waals surface area contributed by atoms with Crippen LogP contribution >= 0.6 is 0 Å². The number of pyridine rings is 1. The van der Waals surface area contributed by atoms with Crippen molar-refractivity contribution in [2.24, 2.45) is 5.92 Å². The van der Waals surface area contributed by atoms with E-state index in [0.717, 1.165) is 37.9 Å². The van der Waals surface area contributed by atoms with Crippen LogP contribution in [0.15, 0.2) is 54.9 Å². The summed E-state index contributed by atoms with van der Waals surface area (Å²) in [5, 5.41) is 6.48. The van der Waals surface area contributed by atoms with E-state index >= 15 is 0 Å². The molecule has 28 heavy (non-hydrogen) atoms. The molecule has 3 heterocycles. The standard InChI is InChI=1S/C22H26N4O2/c27-20-22(19-9-13-23-14-10-19,11-8-17-5-2-1-3-6-17)25-21(28)26(20)16-18-7-4-12-24-15-18/h1-7,12,15,19,23H,8-11,13-14,16H2,(H,25,28)/t22-/m1/s1. The van der Waals surface area contributed by atoms with E-state index < -0.39 is 5.54 Å². The number of carbonyl (C=O) groups is 2. The van der Waals surface area contributed by atoms with E-state index in [1.165, 1.54) is 10.5 Å². The monoisotopic (exact) mass is 378 g/mol. The maximum atomic E-state index is 13.6. The normalized spacial score (nSPS) is 23.1. The number of carbonyl (C=O) groups excluding carboxylic acids is 2. The summed E-state index contributed by atoms with van der Waals surface area (Å²) < 4.78 is 0. The van der Waals surface area contributed by atoms with Gasteiger partial charge in [-0.25, -0.2) is 4.79 Å². The summed E-state index contributed by atoms with van der Waals surface area (Å²) in [5.74, 6) is 0.0528. The number of hydrogen-bond acceptors (Lipinski definition) is 4. The van der Waals surface area contributed by atoms with Gasteiger partial charge in [0.05, 0.1) is 6.54 Å². The van der Waals surface area contributed by atoms with E-state index in [-0.39, 0.29) is 24.4 Å². The highest BCUT2D eigenvalue weighted by Gasteiger charge is 2.55. The first-order valence-electron chi connectivity index (χ1n) is 9.97. The molecule has 2 fully saturated rings. The number of urea groups is 1. The molecule has 0 spiro atoms. The van der Waals surface area contributed by atoms with Crippen LogP contribution in [0.4, 0.5) is 4.79 Å². The predicted molar refractivity (Wildman–Crippen MR) is 106 cm³/mol. The second-order valence-electron chi connectivity index (χ2n) is 7.66. The third-order valence-corrected chi connectivity index (χ3v) is 5.95. The lowest BCUT2D eigenvalue weighted by atomic mass is 9.74. The Bertz CT molecular complexity index is 821. The van der Waals surface area contributed by atoms with Crippen LogP contribution in [0.3, 0.4) is 0 Å². The molecule has 0 bridgehead atoms. The molecule has 3 amide bonds. The molecule has 2 aliphatic rings. The molecule has 6 heteroatoms. The van der Waals surface area contributed by atoms with Gasteiger partial charge in [0.1, 0.15) is 5.54 Å². The molecule has 2 aliphatic heterocycles. The van der Waals surface area contributed by atoms with Gasteiger partial charge in [-0.3, -0.25) is 14.7 Å². The van der Waals surface area contributed by atoms with Gasteiger partial charge in [-0.05, 0) is 61.9 Å². The Morgan fingerprint density at radius 3 is 2.50 bits per heavy atom. The third-order valence-electron chi connectivity index (χ3n) is 5.95. The topological polar surface area (TPSA) is 74.3 Å². The first-order valence-corrected chi connectivity index (χ1v) is 9.97. The molecule has 1 atom stereocenters. The molecule has 1 aromatic carbocycles. The summed E-state index contributed by atoms with van der Waals surface area (Å²) in [6.07, 6.45) is 6.56. The minimum Gasteiger partial charge on any atom is -0.323 e. The zero-order valence-corrected chi connectivity index (χ0v) is 15.9. The molecule has 0 aliphatic carbocycles. The first-order chi connectivity index (χ1) is 13.7. The van der Waals surface area contributed by atoms with E-state index in [1.54, 1.807) is 12.4 Å². The van der Waals surface area contributed by atoms with E-state index in [4.69, 9.17) is 0 Å². The molecule has 6 nitrogen and oxygen atoms in total. The van der Waals surface area contributed by atoms with Crippen LogP contribution in [0.2, 0.25) is 0 Å². The second kappa shape index (κ2) is 8.10. The number of amides is 3. The Labute approximate surface area is 165 Å². The van der Waals surface area contributed by atoms with Gasteiger partial charge in [0.15, 0.2) is 0 Å². The fourth-order valence-corrected chi connectivity index (χ4v) is 4.41. The van der Waals surface area contributed by atoms with Crippen molar-refractivity contribution >= 4 is 11.9 Å².